The third-order valence-electron chi connectivity index (χ3n) is 1.36. The highest BCUT2D eigenvalue weighted by molar-refractivity contribution is 6.63. The van der Waals surface area contributed by atoms with Gasteiger partial charge in [0.25, 0.3) is 0 Å². The van der Waals surface area contributed by atoms with Gasteiger partial charge in [-0.2, -0.15) is 0 Å². The third-order valence-corrected chi connectivity index (χ3v) is 1.55. The molecule has 0 aliphatic carbocycles. The number of amides is 1. The number of hydrogen-bond acceptors (Lipinski definition) is 3. The van der Waals surface area contributed by atoms with Crippen LogP contribution < -0.4 is 5.48 Å². The Morgan fingerprint density at radius 3 is 2.46 bits per heavy atom. The number of carbonyl (C=O) groups excluding carboxylic acids is 2. The molecule has 0 aromatic heterocycles. The molecule has 0 atom stereocenters. The second-order valence-corrected chi connectivity index (χ2v) is 2.94. The molecule has 0 aromatic carbocycles. The van der Waals surface area contributed by atoms with Crippen LogP contribution in [0.5, 0.6) is 0 Å². The van der Waals surface area contributed by atoms with Crippen LogP contribution in [0.3, 0.4) is 0 Å². The lowest BCUT2D eigenvalue weighted by molar-refractivity contribution is -0.133. The summed E-state index contributed by atoms with van der Waals surface area (Å²) in [7, 11) is 0. The summed E-state index contributed by atoms with van der Waals surface area (Å²) in [4.78, 5) is 25.9. The van der Waals surface area contributed by atoms with Crippen molar-refractivity contribution >= 4 is 22.8 Å². The maximum absolute atomic E-state index is 10.9. The van der Waals surface area contributed by atoms with Gasteiger partial charge in [0.05, 0.1) is 6.61 Å². The molecule has 0 spiro atoms. The van der Waals surface area contributed by atoms with Gasteiger partial charge in [-0.3, -0.25) is 14.4 Å². The van der Waals surface area contributed by atoms with E-state index in [1.54, 1.807) is 6.92 Å². The maximum atomic E-state index is 10.9. The fourth-order valence-electron chi connectivity index (χ4n) is 0.753. The van der Waals surface area contributed by atoms with Crippen LogP contribution in [0.25, 0.3) is 0 Å². The molecule has 0 heterocycles. The van der Waals surface area contributed by atoms with Crippen molar-refractivity contribution in [2.24, 2.45) is 0 Å². The molecule has 0 aliphatic rings. The molecule has 0 aromatic rings. The van der Waals surface area contributed by atoms with Gasteiger partial charge >= 0.3 is 0 Å². The minimum atomic E-state index is -0.356. The summed E-state index contributed by atoms with van der Waals surface area (Å²) in [5.74, 6) is -0.163. The average molecular weight is 208 g/mol. The molecule has 5 heteroatoms. The fraction of sp³-hybridized carbons (Fsp3) is 0.750. The van der Waals surface area contributed by atoms with E-state index in [2.05, 4.69) is 10.3 Å². The lowest BCUT2D eigenvalue weighted by Crippen LogP contribution is -2.23. The summed E-state index contributed by atoms with van der Waals surface area (Å²) >= 11 is 5.11. The first-order valence-corrected chi connectivity index (χ1v) is 4.63. The van der Waals surface area contributed by atoms with Crippen LogP contribution in [0.4, 0.5) is 0 Å². The Hall–Kier alpha value is -0.610. The van der Waals surface area contributed by atoms with E-state index in [0.29, 0.717) is 32.3 Å². The lowest BCUT2D eigenvalue weighted by atomic mass is 10.2. The van der Waals surface area contributed by atoms with Gasteiger partial charge in [-0.15, -0.1) is 0 Å². The van der Waals surface area contributed by atoms with E-state index in [1.807, 2.05) is 0 Å². The molecule has 0 fully saturated rings. The first-order chi connectivity index (χ1) is 6.16. The average Bonchev–Trinajstić information content (AvgIpc) is 2.08. The van der Waals surface area contributed by atoms with E-state index in [-0.39, 0.29) is 11.1 Å². The van der Waals surface area contributed by atoms with Crippen molar-refractivity contribution in [1.29, 1.82) is 0 Å². The number of halogens is 1. The second kappa shape index (κ2) is 8.01. The van der Waals surface area contributed by atoms with Crippen LogP contribution in [0, 0.1) is 0 Å². The van der Waals surface area contributed by atoms with Crippen LogP contribution in [0.2, 0.25) is 0 Å². The summed E-state index contributed by atoms with van der Waals surface area (Å²) in [6, 6.07) is 0. The molecule has 0 saturated carbocycles. The Morgan fingerprint density at radius 2 is 1.92 bits per heavy atom. The van der Waals surface area contributed by atoms with Crippen LogP contribution >= 0.6 is 11.6 Å². The zero-order chi connectivity index (χ0) is 10.1. The molecule has 13 heavy (non-hydrogen) atoms. The zero-order valence-electron chi connectivity index (χ0n) is 7.64. The molecule has 0 aliphatic heterocycles. The van der Waals surface area contributed by atoms with E-state index in [9.17, 15) is 9.59 Å². The Balaban J connectivity index is 3.22. The summed E-state index contributed by atoms with van der Waals surface area (Å²) < 4.78 is 0. The molecule has 76 valence electrons. The van der Waals surface area contributed by atoms with Crippen molar-refractivity contribution in [3.63, 3.8) is 0 Å². The zero-order valence-corrected chi connectivity index (χ0v) is 8.39. The largest absolute Gasteiger partial charge is 0.281 e. The van der Waals surface area contributed by atoms with E-state index in [4.69, 9.17) is 11.6 Å². The van der Waals surface area contributed by atoms with E-state index >= 15 is 0 Å². The van der Waals surface area contributed by atoms with Crippen LogP contribution in [0.15, 0.2) is 0 Å². The van der Waals surface area contributed by atoms with Gasteiger partial charge in [0, 0.05) is 12.8 Å². The second-order valence-electron chi connectivity index (χ2n) is 2.52. The molecule has 0 unspecified atom stereocenters. The van der Waals surface area contributed by atoms with Crippen LogP contribution in [0.1, 0.15) is 32.6 Å². The minimum Gasteiger partial charge on any atom is -0.281 e. The standard InChI is InChI=1S/C8H14ClNO3/c1-2-13-10-8(12)6-4-3-5-7(9)11/h2-6H2,1H3,(H,10,12). The van der Waals surface area contributed by atoms with Gasteiger partial charge in [0.15, 0.2) is 0 Å². The minimum absolute atomic E-state index is 0.163. The predicted molar refractivity (Wildman–Crippen MR) is 49.1 cm³/mol. The lowest BCUT2D eigenvalue weighted by Gasteiger charge is -2.02. The van der Waals surface area contributed by atoms with Gasteiger partial charge in [-0.05, 0) is 31.4 Å². The topological polar surface area (TPSA) is 55.4 Å². The number of rotatable bonds is 7. The van der Waals surface area contributed by atoms with Crippen LogP contribution in [-0.4, -0.2) is 17.8 Å². The van der Waals surface area contributed by atoms with E-state index in [1.165, 1.54) is 0 Å². The van der Waals surface area contributed by atoms with Crippen molar-refractivity contribution in [3.8, 4) is 0 Å². The number of nitrogens with one attached hydrogen (secondary N) is 1. The summed E-state index contributed by atoms with van der Waals surface area (Å²) in [6.07, 6.45) is 1.98. The van der Waals surface area contributed by atoms with E-state index in [0.717, 1.165) is 0 Å². The summed E-state index contributed by atoms with van der Waals surface area (Å²) in [6.45, 7) is 2.23. The molecule has 0 bridgehead atoms. The van der Waals surface area contributed by atoms with Crippen molar-refractivity contribution in [2.45, 2.75) is 32.6 Å². The number of carbonyl (C=O) groups is 2. The quantitative estimate of drug-likeness (QED) is 0.390. The Kier molecular flexibility index (Phi) is 7.63. The SMILES string of the molecule is CCONC(=O)CCCCC(=O)Cl. The Labute approximate surface area is 82.5 Å². The van der Waals surface area contributed by atoms with Gasteiger partial charge in [0.1, 0.15) is 0 Å². The first kappa shape index (κ1) is 12.4. The highest BCUT2D eigenvalue weighted by Crippen LogP contribution is 2.02. The maximum Gasteiger partial charge on any atom is 0.243 e. The highest BCUT2D eigenvalue weighted by Gasteiger charge is 2.01. The molecule has 4 nitrogen and oxygen atoms in total. The third kappa shape index (κ3) is 9.30. The summed E-state index contributed by atoms with van der Waals surface area (Å²) in [5.41, 5.74) is 2.26. The smallest absolute Gasteiger partial charge is 0.243 e. The normalized spacial score (nSPS) is 9.69. The predicted octanol–water partition coefficient (Wildman–Crippen LogP) is 1.38. The Bertz CT molecular complexity index is 173. The molecule has 0 saturated heterocycles. The van der Waals surface area contributed by atoms with Gasteiger partial charge in [-0.25, -0.2) is 5.48 Å². The Morgan fingerprint density at radius 1 is 1.31 bits per heavy atom. The molecular formula is C8H14ClNO3. The van der Waals surface area contributed by atoms with Crippen LogP contribution in [-0.2, 0) is 14.4 Å². The number of unbranched alkanes of at least 4 members (excludes halogenated alkanes) is 1. The van der Waals surface area contributed by atoms with E-state index < -0.39 is 0 Å². The molecule has 0 rings (SSSR count). The monoisotopic (exact) mass is 207 g/mol. The van der Waals surface area contributed by atoms with Gasteiger partial charge in [0.2, 0.25) is 11.1 Å². The first-order valence-electron chi connectivity index (χ1n) is 4.25. The number of hydrogen-bond donors (Lipinski definition) is 1. The highest BCUT2D eigenvalue weighted by atomic mass is 35.5. The van der Waals surface area contributed by atoms with Crippen molar-refractivity contribution in [2.75, 3.05) is 6.61 Å². The fourth-order valence-corrected chi connectivity index (χ4v) is 0.887. The molecule has 1 amide bonds. The van der Waals surface area contributed by atoms with Crippen molar-refractivity contribution in [3.05, 3.63) is 0 Å². The molecular weight excluding hydrogens is 194 g/mol. The van der Waals surface area contributed by atoms with Gasteiger partial charge < -0.3 is 0 Å². The van der Waals surface area contributed by atoms with Crippen molar-refractivity contribution < 1.29 is 14.4 Å². The summed E-state index contributed by atoms with van der Waals surface area (Å²) in [5, 5.41) is -0.356. The molecule has 1 N–H and O–H groups in total. The number of hydroxylamine groups is 1. The molecule has 0 radical (unpaired) electrons. The van der Waals surface area contributed by atoms with Crippen molar-refractivity contribution in [1.82, 2.24) is 5.48 Å². The van der Waals surface area contributed by atoms with Gasteiger partial charge in [-0.1, -0.05) is 0 Å².